The van der Waals surface area contributed by atoms with Gasteiger partial charge in [-0.25, -0.2) is 0 Å². The van der Waals surface area contributed by atoms with Gasteiger partial charge in [-0.3, -0.25) is 0 Å². The average molecular weight is 356 g/mol. The van der Waals surface area contributed by atoms with Crippen molar-refractivity contribution in [2.24, 2.45) is 5.41 Å². The zero-order valence-corrected chi connectivity index (χ0v) is 15.2. The van der Waals surface area contributed by atoms with Crippen molar-refractivity contribution >= 4 is 23.4 Å². The summed E-state index contributed by atoms with van der Waals surface area (Å²) in [7, 11) is 1.71. The standard InChI is InChI=1S/C20H21OSe/c1-20(2,3)13-18-16-7-5-6-8-17(16)19(22-18)14-9-11-15(21-4)12-10-14/h5-13H,1-4H3/q+1/b18-13-. The Morgan fingerprint density at radius 1 is 0.909 bits per heavy atom. The molecular weight excluding hydrogens is 335 g/mol. The number of fused-ring (bicyclic) bond motifs is 1. The predicted octanol–water partition coefficient (Wildman–Crippen LogP) is 4.37. The molecule has 112 valence electrons. The summed E-state index contributed by atoms with van der Waals surface area (Å²) in [5.41, 5.74) is 4.32. The number of hydrogen-bond donors (Lipinski definition) is 0. The summed E-state index contributed by atoms with van der Waals surface area (Å²) in [5, 5.41) is 0. The Labute approximate surface area is 138 Å². The molecule has 0 atom stereocenters. The van der Waals surface area contributed by atoms with Gasteiger partial charge in [-0.1, -0.05) is 0 Å². The van der Waals surface area contributed by atoms with Gasteiger partial charge in [0, 0.05) is 0 Å². The quantitative estimate of drug-likeness (QED) is 0.726. The van der Waals surface area contributed by atoms with E-state index in [1.165, 1.54) is 25.6 Å². The molecule has 0 N–H and O–H groups in total. The normalized spacial score (nSPS) is 15.6. The average Bonchev–Trinajstić information content (AvgIpc) is 2.85. The molecule has 0 saturated heterocycles. The number of methoxy groups -OCH3 is 1. The molecule has 22 heavy (non-hydrogen) atoms. The van der Waals surface area contributed by atoms with Crippen molar-refractivity contribution in [3.05, 3.63) is 71.3 Å². The van der Waals surface area contributed by atoms with Crippen LogP contribution in [-0.4, -0.2) is 26.0 Å². The number of ether oxygens (including phenoxy) is 1. The van der Waals surface area contributed by atoms with E-state index >= 15 is 0 Å². The number of benzene rings is 2. The molecule has 1 nitrogen and oxygen atoms in total. The van der Waals surface area contributed by atoms with Gasteiger partial charge in [0.05, 0.1) is 0 Å². The van der Waals surface area contributed by atoms with E-state index in [2.05, 4.69) is 63.2 Å². The Kier molecular flexibility index (Phi) is 4.07. The fourth-order valence-corrected chi connectivity index (χ4v) is 5.64. The first-order chi connectivity index (χ1) is 10.5. The second kappa shape index (κ2) is 5.87. The molecule has 2 heteroatoms. The van der Waals surface area contributed by atoms with Crippen LogP contribution >= 0.6 is 0 Å². The minimum absolute atomic E-state index is 0.208. The summed E-state index contributed by atoms with van der Waals surface area (Å²) in [6.07, 6.45) is 2.43. The van der Waals surface area contributed by atoms with Crippen LogP contribution in [0.15, 0.2) is 54.6 Å². The molecule has 0 radical (unpaired) electrons. The zero-order chi connectivity index (χ0) is 15.7. The molecule has 0 saturated carbocycles. The summed E-state index contributed by atoms with van der Waals surface area (Å²) in [5.74, 6) is 0.911. The van der Waals surface area contributed by atoms with Crippen LogP contribution in [-0.2, 0) is 0 Å². The van der Waals surface area contributed by atoms with Crippen LogP contribution in [0.1, 0.15) is 37.5 Å². The first-order valence-corrected chi connectivity index (χ1v) is 9.21. The van der Waals surface area contributed by atoms with Crippen LogP contribution in [0, 0.1) is 5.41 Å². The molecule has 1 aliphatic rings. The summed E-state index contributed by atoms with van der Waals surface area (Å²) >= 11 is 0.353. The van der Waals surface area contributed by atoms with Gasteiger partial charge >= 0.3 is 138 Å². The summed E-state index contributed by atoms with van der Waals surface area (Å²) in [6, 6.07) is 17.2. The van der Waals surface area contributed by atoms with Gasteiger partial charge in [-0.15, -0.1) is 0 Å². The van der Waals surface area contributed by atoms with Crippen LogP contribution in [0.2, 0.25) is 0 Å². The molecule has 2 aromatic carbocycles. The molecule has 0 bridgehead atoms. The first kappa shape index (κ1) is 15.3. The van der Waals surface area contributed by atoms with Crippen molar-refractivity contribution in [1.82, 2.24) is 0 Å². The van der Waals surface area contributed by atoms with Crippen molar-refractivity contribution in [2.45, 2.75) is 20.8 Å². The maximum absolute atomic E-state index is 5.27. The summed E-state index contributed by atoms with van der Waals surface area (Å²) < 4.78 is 8.25. The summed E-state index contributed by atoms with van der Waals surface area (Å²) in [4.78, 5) is 0. The van der Waals surface area contributed by atoms with Crippen molar-refractivity contribution in [2.75, 3.05) is 7.11 Å². The van der Waals surface area contributed by atoms with Gasteiger partial charge in [-0.2, -0.15) is 0 Å². The number of allylic oxidation sites excluding steroid dienone is 1. The monoisotopic (exact) mass is 357 g/mol. The second-order valence-electron chi connectivity index (χ2n) is 6.58. The van der Waals surface area contributed by atoms with Gasteiger partial charge < -0.3 is 0 Å². The minimum atomic E-state index is 0.208. The molecule has 0 amide bonds. The van der Waals surface area contributed by atoms with E-state index in [1.54, 1.807) is 7.11 Å². The van der Waals surface area contributed by atoms with Crippen LogP contribution < -0.4 is 4.74 Å². The molecule has 0 spiro atoms. The predicted molar refractivity (Wildman–Crippen MR) is 95.8 cm³/mol. The molecule has 1 heterocycles. The molecule has 3 rings (SSSR count). The van der Waals surface area contributed by atoms with Crippen LogP contribution in [0.3, 0.4) is 0 Å². The molecule has 0 fully saturated rings. The zero-order valence-electron chi connectivity index (χ0n) is 13.5. The third-order valence-electron chi connectivity index (χ3n) is 3.57. The Morgan fingerprint density at radius 2 is 1.55 bits per heavy atom. The summed E-state index contributed by atoms with van der Waals surface area (Å²) in [6.45, 7) is 6.80. The van der Waals surface area contributed by atoms with E-state index in [0.29, 0.717) is 14.5 Å². The molecule has 0 aliphatic carbocycles. The Morgan fingerprint density at radius 3 is 2.14 bits per heavy atom. The van der Waals surface area contributed by atoms with E-state index in [4.69, 9.17) is 4.74 Å². The Balaban J connectivity index is 2.11. The fraction of sp³-hybridized carbons (Fsp3) is 0.250. The molecule has 1 aliphatic heterocycles. The molecule has 0 aromatic heterocycles. The van der Waals surface area contributed by atoms with Crippen LogP contribution in [0.5, 0.6) is 5.75 Å². The van der Waals surface area contributed by atoms with Crippen LogP contribution in [0.25, 0.3) is 4.47 Å². The van der Waals surface area contributed by atoms with Gasteiger partial charge in [0.25, 0.3) is 0 Å². The Bertz CT molecular complexity index is 746. The van der Waals surface area contributed by atoms with Crippen LogP contribution in [0.4, 0.5) is 0 Å². The van der Waals surface area contributed by atoms with E-state index in [1.807, 2.05) is 12.1 Å². The van der Waals surface area contributed by atoms with Crippen molar-refractivity contribution < 1.29 is 4.74 Å². The first-order valence-electron chi connectivity index (χ1n) is 7.50. The fourth-order valence-electron chi connectivity index (χ4n) is 2.57. The number of rotatable bonds is 2. The van der Waals surface area contributed by atoms with E-state index in [-0.39, 0.29) is 5.41 Å². The van der Waals surface area contributed by atoms with Gasteiger partial charge in [0.15, 0.2) is 0 Å². The van der Waals surface area contributed by atoms with Crippen molar-refractivity contribution in [3.8, 4) is 5.75 Å². The Hall–Kier alpha value is -1.63. The van der Waals surface area contributed by atoms with E-state index in [9.17, 15) is 0 Å². The van der Waals surface area contributed by atoms with E-state index < -0.39 is 0 Å². The third-order valence-corrected chi connectivity index (χ3v) is 6.12. The van der Waals surface area contributed by atoms with Crippen molar-refractivity contribution in [1.29, 1.82) is 0 Å². The molecular formula is C20H21OSe+. The van der Waals surface area contributed by atoms with E-state index in [0.717, 1.165) is 5.75 Å². The van der Waals surface area contributed by atoms with Gasteiger partial charge in [0.2, 0.25) is 0 Å². The molecule has 2 aromatic rings. The topological polar surface area (TPSA) is 9.23 Å². The van der Waals surface area contributed by atoms with Gasteiger partial charge in [0.1, 0.15) is 0 Å². The molecule has 0 unspecified atom stereocenters. The van der Waals surface area contributed by atoms with Crippen molar-refractivity contribution in [3.63, 3.8) is 0 Å². The SMILES string of the molecule is COc1ccc(C2=[Se+]/C(=C\C(C)(C)C)c3ccccc32)cc1. The maximum atomic E-state index is 5.27. The number of hydrogen-bond acceptors (Lipinski definition) is 1. The third kappa shape index (κ3) is 3.09. The second-order valence-corrected chi connectivity index (χ2v) is 8.79. The van der Waals surface area contributed by atoms with Gasteiger partial charge in [-0.05, 0) is 0 Å².